The minimum Gasteiger partial charge on any atom is -0.503 e. The van der Waals surface area contributed by atoms with E-state index in [1.165, 1.54) is 16.2 Å². The third kappa shape index (κ3) is 3.35. The first-order chi connectivity index (χ1) is 15.8. The zero-order chi connectivity index (χ0) is 23.4. The van der Waals surface area contributed by atoms with E-state index < -0.39 is 23.5 Å². The summed E-state index contributed by atoms with van der Waals surface area (Å²) in [7, 11) is 1.91. The molecular weight excluding hydrogens is 458 g/mol. The van der Waals surface area contributed by atoms with Crippen LogP contribution in [0.1, 0.15) is 32.0 Å². The molecule has 0 saturated carbocycles. The Hall–Kier alpha value is -3.42. The lowest BCUT2D eigenvalue weighted by Crippen LogP contribution is -2.31. The predicted molar refractivity (Wildman–Crippen MR) is 130 cm³/mol. The van der Waals surface area contributed by atoms with Crippen LogP contribution in [0.25, 0.3) is 10.9 Å². The number of aryl methyl sites for hydroxylation is 3. The van der Waals surface area contributed by atoms with Crippen LogP contribution in [0, 0.1) is 13.8 Å². The van der Waals surface area contributed by atoms with Gasteiger partial charge in [-0.25, -0.2) is 4.98 Å². The first kappa shape index (κ1) is 21.4. The summed E-state index contributed by atoms with van der Waals surface area (Å²) >= 11 is 7.48. The van der Waals surface area contributed by atoms with E-state index in [1.807, 2.05) is 49.0 Å². The van der Waals surface area contributed by atoms with Crippen molar-refractivity contribution in [1.29, 1.82) is 0 Å². The number of hydrogen-bond donors (Lipinski definition) is 1. The van der Waals surface area contributed by atoms with Crippen molar-refractivity contribution in [3.8, 4) is 0 Å². The van der Waals surface area contributed by atoms with Gasteiger partial charge in [0.05, 0.1) is 27.2 Å². The second-order valence-electron chi connectivity index (χ2n) is 8.01. The third-order valence-corrected chi connectivity index (χ3v) is 7.18. The number of thiazole rings is 1. The number of fused-ring (bicyclic) bond motifs is 1. The molecule has 1 amide bonds. The lowest BCUT2D eigenvalue weighted by molar-refractivity contribution is -0.117. The fourth-order valence-corrected chi connectivity index (χ4v) is 5.54. The minimum atomic E-state index is -0.823. The van der Waals surface area contributed by atoms with E-state index in [2.05, 4.69) is 4.98 Å². The summed E-state index contributed by atoms with van der Waals surface area (Å²) in [5.41, 5.74) is 2.81. The molecule has 0 spiro atoms. The number of ketones is 1. The van der Waals surface area contributed by atoms with Crippen LogP contribution in [0.3, 0.4) is 0 Å². The van der Waals surface area contributed by atoms with Crippen LogP contribution in [-0.2, 0) is 11.8 Å². The Morgan fingerprint density at radius 2 is 1.91 bits per heavy atom. The van der Waals surface area contributed by atoms with E-state index in [1.54, 1.807) is 31.2 Å². The van der Waals surface area contributed by atoms with Crippen LogP contribution < -0.4 is 4.90 Å². The van der Waals surface area contributed by atoms with Crippen molar-refractivity contribution in [1.82, 2.24) is 9.55 Å². The molecule has 8 heteroatoms. The van der Waals surface area contributed by atoms with Gasteiger partial charge in [0.2, 0.25) is 5.78 Å². The maximum absolute atomic E-state index is 13.7. The number of benzene rings is 2. The zero-order valence-corrected chi connectivity index (χ0v) is 19.7. The van der Waals surface area contributed by atoms with Gasteiger partial charge in [0.15, 0.2) is 5.76 Å². The summed E-state index contributed by atoms with van der Waals surface area (Å²) in [6.07, 6.45) is 1.90. The van der Waals surface area contributed by atoms with Crippen LogP contribution in [0.15, 0.2) is 66.1 Å². The molecule has 4 aromatic rings. The van der Waals surface area contributed by atoms with Gasteiger partial charge in [0.1, 0.15) is 0 Å². The number of rotatable bonds is 4. The average Bonchev–Trinajstić information content (AvgIpc) is 3.39. The van der Waals surface area contributed by atoms with Crippen LogP contribution >= 0.6 is 22.9 Å². The first-order valence-electron chi connectivity index (χ1n) is 10.3. The molecule has 2 aromatic heterocycles. The number of halogens is 1. The predicted octanol–water partition coefficient (Wildman–Crippen LogP) is 5.69. The second-order valence-corrected chi connectivity index (χ2v) is 9.65. The number of nitrogens with zero attached hydrogens (tertiary/aromatic N) is 3. The van der Waals surface area contributed by atoms with E-state index in [-0.39, 0.29) is 5.57 Å². The smallest absolute Gasteiger partial charge is 0.294 e. The second kappa shape index (κ2) is 7.86. The highest BCUT2D eigenvalue weighted by atomic mass is 35.5. The highest BCUT2D eigenvalue weighted by molar-refractivity contribution is 7.14. The number of Topliss-reactive ketones (excluding diaryl/α,β-unsaturated/α-hetero) is 1. The van der Waals surface area contributed by atoms with Gasteiger partial charge in [-0.1, -0.05) is 35.9 Å². The summed E-state index contributed by atoms with van der Waals surface area (Å²) in [6, 6.07) is 13.8. The van der Waals surface area contributed by atoms with Gasteiger partial charge in [-0.3, -0.25) is 14.5 Å². The Labute approximate surface area is 199 Å². The summed E-state index contributed by atoms with van der Waals surface area (Å²) < 4.78 is 1.95. The number of carbonyl (C=O) groups excluding carboxylic acids is 2. The summed E-state index contributed by atoms with van der Waals surface area (Å²) in [6.45, 7) is 3.58. The Morgan fingerprint density at radius 3 is 2.61 bits per heavy atom. The van der Waals surface area contributed by atoms with Crippen molar-refractivity contribution in [2.24, 2.45) is 7.05 Å². The lowest BCUT2D eigenvalue weighted by Gasteiger charge is -2.26. The van der Waals surface area contributed by atoms with Crippen LogP contribution in [0.5, 0.6) is 0 Å². The van der Waals surface area contributed by atoms with Crippen molar-refractivity contribution in [3.05, 3.63) is 92.2 Å². The van der Waals surface area contributed by atoms with E-state index in [9.17, 15) is 14.7 Å². The van der Waals surface area contributed by atoms with Gasteiger partial charge in [-0.05, 0) is 38.1 Å². The Morgan fingerprint density at radius 1 is 1.15 bits per heavy atom. The van der Waals surface area contributed by atoms with Crippen molar-refractivity contribution in [2.45, 2.75) is 19.9 Å². The number of aromatic nitrogens is 2. The number of anilines is 1. The molecule has 6 nitrogen and oxygen atoms in total. The normalized spacial score (nSPS) is 16.3. The fraction of sp³-hybridized carbons (Fsp3) is 0.160. The van der Waals surface area contributed by atoms with Gasteiger partial charge < -0.3 is 9.67 Å². The van der Waals surface area contributed by atoms with Crippen molar-refractivity contribution < 1.29 is 14.7 Å². The molecule has 2 aromatic carbocycles. The molecule has 0 radical (unpaired) electrons. The maximum atomic E-state index is 13.7. The fourth-order valence-electron chi connectivity index (χ4n) is 4.48. The molecule has 1 unspecified atom stereocenters. The third-order valence-electron chi connectivity index (χ3n) is 5.87. The summed E-state index contributed by atoms with van der Waals surface area (Å²) in [4.78, 5) is 33.4. The number of amides is 1. The molecule has 3 heterocycles. The molecule has 0 fully saturated rings. The molecule has 1 aliphatic rings. The van der Waals surface area contributed by atoms with E-state index >= 15 is 0 Å². The average molecular weight is 478 g/mol. The molecular formula is C25H20ClN3O3S. The van der Waals surface area contributed by atoms with Gasteiger partial charge >= 0.3 is 0 Å². The number of para-hydroxylation sites is 1. The van der Waals surface area contributed by atoms with Crippen molar-refractivity contribution in [3.63, 3.8) is 0 Å². The van der Waals surface area contributed by atoms with E-state index in [0.29, 0.717) is 21.3 Å². The zero-order valence-electron chi connectivity index (χ0n) is 18.2. The highest BCUT2D eigenvalue weighted by Gasteiger charge is 2.46. The van der Waals surface area contributed by atoms with Crippen LogP contribution in [-0.4, -0.2) is 26.3 Å². The minimum absolute atomic E-state index is 0.0445. The molecule has 1 atom stereocenters. The lowest BCUT2D eigenvalue weighted by atomic mass is 9.94. The largest absolute Gasteiger partial charge is 0.503 e. The number of aliphatic hydroxyl groups is 1. The standard InChI is InChI=1S/C25H20ClN3O3S/c1-13-24(33-14(2)27-13)22(30)20-21(18-12-28(3)19-10-5-4-9-17(18)19)29(25(32)23(20)31)16-8-6-7-15(26)11-16/h4-12,21,31H,1-3H3. The van der Waals surface area contributed by atoms with Gasteiger partial charge in [0, 0.05) is 40.4 Å². The molecule has 0 bridgehead atoms. The Bertz CT molecular complexity index is 1480. The quantitative estimate of drug-likeness (QED) is 0.383. The molecule has 33 heavy (non-hydrogen) atoms. The van der Waals surface area contributed by atoms with Gasteiger partial charge in [-0.15, -0.1) is 11.3 Å². The van der Waals surface area contributed by atoms with Crippen LogP contribution in [0.4, 0.5) is 5.69 Å². The molecule has 1 N–H and O–H groups in total. The number of aliphatic hydroxyl groups excluding tert-OH is 1. The molecule has 5 rings (SSSR count). The van der Waals surface area contributed by atoms with Gasteiger partial charge in [0.25, 0.3) is 5.91 Å². The number of carbonyl (C=O) groups is 2. The molecule has 1 aliphatic heterocycles. The Kier molecular flexibility index (Phi) is 5.11. The topological polar surface area (TPSA) is 75.4 Å². The molecule has 166 valence electrons. The monoisotopic (exact) mass is 477 g/mol. The summed E-state index contributed by atoms with van der Waals surface area (Å²) in [5, 5.41) is 13.1. The van der Waals surface area contributed by atoms with Crippen molar-refractivity contribution in [2.75, 3.05) is 4.90 Å². The highest BCUT2D eigenvalue weighted by Crippen LogP contribution is 2.45. The van der Waals surface area contributed by atoms with E-state index in [0.717, 1.165) is 21.5 Å². The SMILES string of the molecule is Cc1nc(C)c(C(=O)C2=C(O)C(=O)N(c3cccc(Cl)c3)C2c2cn(C)c3ccccc23)s1. The van der Waals surface area contributed by atoms with Crippen LogP contribution in [0.2, 0.25) is 5.02 Å². The molecule has 0 aliphatic carbocycles. The number of hydrogen-bond acceptors (Lipinski definition) is 5. The van der Waals surface area contributed by atoms with Crippen molar-refractivity contribution >= 4 is 51.2 Å². The first-order valence-corrected chi connectivity index (χ1v) is 11.5. The van der Waals surface area contributed by atoms with E-state index in [4.69, 9.17) is 11.6 Å². The maximum Gasteiger partial charge on any atom is 0.294 e. The molecule has 0 saturated heterocycles. The Balaban J connectivity index is 1.77. The summed E-state index contributed by atoms with van der Waals surface area (Å²) in [5.74, 6) is -1.59. The van der Waals surface area contributed by atoms with Gasteiger partial charge in [-0.2, -0.15) is 0 Å².